The average Bonchev–Trinajstić information content (AvgIpc) is 3.08. The van der Waals surface area contributed by atoms with E-state index in [1.165, 1.54) is 10.7 Å². The molecular weight excluding hydrogens is 401 g/mol. The predicted octanol–water partition coefficient (Wildman–Crippen LogP) is 2.59. The van der Waals surface area contributed by atoms with E-state index in [-0.39, 0.29) is 29.0 Å². The van der Waals surface area contributed by atoms with Gasteiger partial charge >= 0.3 is 6.18 Å². The first-order valence-corrected chi connectivity index (χ1v) is 9.13. The number of anilines is 3. The number of hydrogen-bond acceptors (Lipinski definition) is 7. The van der Waals surface area contributed by atoms with Crippen LogP contribution in [0.2, 0.25) is 0 Å². The van der Waals surface area contributed by atoms with E-state index in [9.17, 15) is 18.0 Å². The van der Waals surface area contributed by atoms with Gasteiger partial charge in [0.25, 0.3) is 5.91 Å². The highest BCUT2D eigenvalue weighted by Crippen LogP contribution is 2.32. The van der Waals surface area contributed by atoms with Gasteiger partial charge in [-0.3, -0.25) is 10.1 Å². The van der Waals surface area contributed by atoms with Crippen LogP contribution in [0.4, 0.5) is 30.8 Å². The highest BCUT2D eigenvalue weighted by Gasteiger charge is 2.32. The number of alkyl halides is 3. The zero-order valence-corrected chi connectivity index (χ0v) is 16.3. The molecule has 0 aliphatic carbocycles. The Morgan fingerprint density at radius 1 is 1.27 bits per heavy atom. The summed E-state index contributed by atoms with van der Waals surface area (Å²) in [5.41, 5.74) is 4.72. The van der Waals surface area contributed by atoms with Crippen LogP contribution in [-0.2, 0) is 6.18 Å². The molecule has 12 heteroatoms. The molecule has 30 heavy (non-hydrogen) atoms. The molecule has 0 spiro atoms. The lowest BCUT2D eigenvalue weighted by molar-refractivity contribution is -0.137. The van der Waals surface area contributed by atoms with Gasteiger partial charge in [0.1, 0.15) is 11.6 Å². The first-order valence-electron chi connectivity index (χ1n) is 9.13. The molecule has 0 radical (unpaired) electrons. The van der Waals surface area contributed by atoms with Gasteiger partial charge in [0, 0.05) is 25.3 Å². The fourth-order valence-corrected chi connectivity index (χ4v) is 2.61. The second-order valence-electron chi connectivity index (χ2n) is 6.73. The average molecular weight is 422 g/mol. The number of carbonyl (C=O) groups is 1. The lowest BCUT2D eigenvalue weighted by atomic mass is 10.2. The Morgan fingerprint density at radius 3 is 2.63 bits per heavy atom. The van der Waals surface area contributed by atoms with Crippen LogP contribution in [0.1, 0.15) is 29.8 Å². The number of rotatable bonds is 7. The zero-order chi connectivity index (χ0) is 21.9. The summed E-state index contributed by atoms with van der Waals surface area (Å²) in [7, 11) is 0. The first kappa shape index (κ1) is 21.3. The maximum absolute atomic E-state index is 13.2. The molecule has 0 aliphatic rings. The number of fused-ring (bicyclic) bond motifs is 1. The summed E-state index contributed by atoms with van der Waals surface area (Å²) in [6.07, 6.45) is -3.19. The predicted molar refractivity (Wildman–Crippen MR) is 106 cm³/mol. The molecule has 0 atom stereocenters. The summed E-state index contributed by atoms with van der Waals surface area (Å²) in [5.74, 6) is 0.00131. The van der Waals surface area contributed by atoms with Crippen LogP contribution in [-0.4, -0.2) is 44.6 Å². The SMILES string of the molecule is CC(C)Nc1cc(C(F)(F)F)cc2nc(NC(=O)c3ccc(NCCN)nc3)nn12. The third-order valence-electron chi connectivity index (χ3n) is 3.90. The Kier molecular flexibility index (Phi) is 6.06. The molecule has 1 amide bonds. The maximum atomic E-state index is 13.2. The smallest absolute Gasteiger partial charge is 0.369 e. The van der Waals surface area contributed by atoms with Crippen molar-refractivity contribution in [2.24, 2.45) is 5.73 Å². The minimum atomic E-state index is -4.55. The monoisotopic (exact) mass is 422 g/mol. The van der Waals surface area contributed by atoms with E-state index in [0.717, 1.165) is 12.1 Å². The molecule has 0 bridgehead atoms. The summed E-state index contributed by atoms with van der Waals surface area (Å²) in [6.45, 7) is 4.54. The second kappa shape index (κ2) is 8.53. The Bertz CT molecular complexity index is 1030. The molecule has 0 aromatic carbocycles. The quantitative estimate of drug-likeness (QED) is 0.462. The van der Waals surface area contributed by atoms with Crippen LogP contribution in [0.15, 0.2) is 30.5 Å². The Labute approximate surface area is 169 Å². The number of hydrogen-bond donors (Lipinski definition) is 4. The van der Waals surface area contributed by atoms with E-state index >= 15 is 0 Å². The van der Waals surface area contributed by atoms with Gasteiger partial charge in [-0.05, 0) is 38.1 Å². The van der Waals surface area contributed by atoms with Crippen molar-refractivity contribution in [2.75, 3.05) is 29.0 Å². The van der Waals surface area contributed by atoms with Crippen molar-refractivity contribution in [3.8, 4) is 0 Å². The van der Waals surface area contributed by atoms with E-state index in [4.69, 9.17) is 5.73 Å². The van der Waals surface area contributed by atoms with E-state index in [0.29, 0.717) is 18.9 Å². The van der Waals surface area contributed by atoms with Gasteiger partial charge in [-0.1, -0.05) is 0 Å². The van der Waals surface area contributed by atoms with Crippen LogP contribution in [0.5, 0.6) is 0 Å². The third-order valence-corrected chi connectivity index (χ3v) is 3.90. The molecule has 3 aromatic heterocycles. The Hall–Kier alpha value is -3.41. The van der Waals surface area contributed by atoms with E-state index in [1.54, 1.807) is 26.0 Å². The topological polar surface area (TPSA) is 122 Å². The summed E-state index contributed by atoms with van der Waals surface area (Å²) < 4.78 is 40.8. The normalized spacial score (nSPS) is 11.7. The molecule has 0 saturated heterocycles. The van der Waals surface area contributed by atoms with Crippen molar-refractivity contribution >= 4 is 29.1 Å². The molecule has 160 valence electrons. The van der Waals surface area contributed by atoms with Gasteiger partial charge in [0.15, 0.2) is 5.65 Å². The zero-order valence-electron chi connectivity index (χ0n) is 16.3. The van der Waals surface area contributed by atoms with Gasteiger partial charge in [0.05, 0.1) is 11.1 Å². The fourth-order valence-electron chi connectivity index (χ4n) is 2.61. The van der Waals surface area contributed by atoms with Crippen LogP contribution in [0, 0.1) is 0 Å². The van der Waals surface area contributed by atoms with Crippen LogP contribution < -0.4 is 21.7 Å². The second-order valence-corrected chi connectivity index (χ2v) is 6.73. The molecule has 0 aliphatic heterocycles. The lowest BCUT2D eigenvalue weighted by Gasteiger charge is -2.14. The number of carbonyl (C=O) groups excluding carboxylic acids is 1. The number of nitrogens with one attached hydrogen (secondary N) is 3. The molecular formula is C18H21F3N8O. The van der Waals surface area contributed by atoms with E-state index < -0.39 is 17.6 Å². The lowest BCUT2D eigenvalue weighted by Crippen LogP contribution is -2.16. The minimum absolute atomic E-state index is 0.0530. The van der Waals surface area contributed by atoms with Gasteiger partial charge < -0.3 is 16.4 Å². The van der Waals surface area contributed by atoms with Crippen LogP contribution >= 0.6 is 0 Å². The summed E-state index contributed by atoms with van der Waals surface area (Å²) in [5, 5.41) is 12.5. The molecule has 0 fully saturated rings. The Balaban J connectivity index is 1.86. The van der Waals surface area contributed by atoms with Crippen molar-refractivity contribution in [1.29, 1.82) is 0 Å². The number of nitrogens with two attached hydrogens (primary N) is 1. The number of pyridine rings is 2. The largest absolute Gasteiger partial charge is 0.416 e. The van der Waals surface area contributed by atoms with E-state index in [1.807, 2.05) is 0 Å². The number of aromatic nitrogens is 4. The standard InChI is InChI=1S/C18H21F3N8O/c1-10(2)25-14-7-12(18(19,20)21)8-15-26-17(28-29(14)15)27-16(30)11-3-4-13(24-9-11)23-6-5-22/h3-4,7-10,25H,5-6,22H2,1-2H3,(H,23,24)(H,27,28,30). The van der Waals surface area contributed by atoms with Crippen LogP contribution in [0.3, 0.4) is 0 Å². The van der Waals surface area contributed by atoms with Gasteiger partial charge in [-0.15, -0.1) is 5.10 Å². The van der Waals surface area contributed by atoms with Crippen LogP contribution in [0.25, 0.3) is 5.65 Å². The molecule has 3 aromatic rings. The van der Waals surface area contributed by atoms with Crippen molar-refractivity contribution in [1.82, 2.24) is 19.6 Å². The van der Waals surface area contributed by atoms with Gasteiger partial charge in [-0.2, -0.15) is 22.7 Å². The molecule has 5 N–H and O–H groups in total. The molecule has 9 nitrogen and oxygen atoms in total. The summed E-state index contributed by atoms with van der Waals surface area (Å²) in [6, 6.07) is 4.83. The first-order chi connectivity index (χ1) is 14.2. The highest BCUT2D eigenvalue weighted by molar-refractivity contribution is 6.03. The maximum Gasteiger partial charge on any atom is 0.416 e. The number of nitrogens with zero attached hydrogens (tertiary/aromatic N) is 4. The van der Waals surface area contributed by atoms with Crippen molar-refractivity contribution in [3.63, 3.8) is 0 Å². The molecule has 0 saturated carbocycles. The van der Waals surface area contributed by atoms with Crippen molar-refractivity contribution in [2.45, 2.75) is 26.1 Å². The van der Waals surface area contributed by atoms with Gasteiger partial charge in [-0.25, -0.2) is 4.98 Å². The van der Waals surface area contributed by atoms with Gasteiger partial charge in [0.2, 0.25) is 5.95 Å². The van der Waals surface area contributed by atoms with Crippen molar-refractivity contribution in [3.05, 3.63) is 41.6 Å². The number of halogens is 3. The summed E-state index contributed by atoms with van der Waals surface area (Å²) >= 11 is 0. The fraction of sp³-hybridized carbons (Fsp3) is 0.333. The third kappa shape index (κ3) is 4.95. The Morgan fingerprint density at radius 2 is 2.03 bits per heavy atom. The minimum Gasteiger partial charge on any atom is -0.369 e. The highest BCUT2D eigenvalue weighted by atomic mass is 19.4. The molecule has 3 rings (SSSR count). The summed E-state index contributed by atoms with van der Waals surface area (Å²) in [4.78, 5) is 20.5. The van der Waals surface area contributed by atoms with Crippen molar-refractivity contribution < 1.29 is 18.0 Å². The molecule has 3 heterocycles. The van der Waals surface area contributed by atoms with E-state index in [2.05, 4.69) is 31.0 Å². The number of amides is 1. The molecule has 0 unspecified atom stereocenters.